The molecule has 110 valence electrons. The van der Waals surface area contributed by atoms with Crippen LogP contribution in [-0.4, -0.2) is 35.7 Å². The topological polar surface area (TPSA) is 119 Å². The first-order valence-electron chi connectivity index (χ1n) is 5.68. The van der Waals surface area contributed by atoms with Gasteiger partial charge in [0.2, 0.25) is 0 Å². The molecule has 0 saturated carbocycles. The molecule has 0 aliphatic rings. The maximum atomic E-state index is 11.4. The molecule has 0 aliphatic carbocycles. The molecule has 0 amide bonds. The smallest absolute Gasteiger partial charge is 0.190 e. The summed E-state index contributed by atoms with van der Waals surface area (Å²) in [5, 5.41) is 12.0. The molecule has 0 spiro atoms. The summed E-state index contributed by atoms with van der Waals surface area (Å²) >= 11 is 1.32. The Morgan fingerprint density at radius 2 is 1.90 bits per heavy atom. The molecule has 7 nitrogen and oxygen atoms in total. The molecule has 2 aromatic rings. The van der Waals surface area contributed by atoms with E-state index in [9.17, 15) is 8.42 Å². The lowest BCUT2D eigenvalue weighted by molar-refractivity contribution is 0.318. The van der Waals surface area contributed by atoms with Gasteiger partial charge in [-0.2, -0.15) is 0 Å². The monoisotopic (exact) mass is 324 g/mol. The van der Waals surface area contributed by atoms with Crippen LogP contribution in [-0.2, 0) is 9.84 Å². The third-order valence-electron chi connectivity index (χ3n) is 2.47. The highest BCUT2D eigenvalue weighted by Crippen LogP contribution is 2.26. The zero-order valence-corrected chi connectivity index (χ0v) is 12.6. The highest BCUT2D eigenvalue weighted by molar-refractivity contribution is 7.99. The second-order valence-corrected chi connectivity index (χ2v) is 7.18. The van der Waals surface area contributed by atoms with Gasteiger partial charge in [0, 0.05) is 11.2 Å². The fourth-order valence-electron chi connectivity index (χ4n) is 1.43. The van der Waals surface area contributed by atoms with E-state index in [1.54, 1.807) is 12.1 Å². The Kier molecular flexibility index (Phi) is 4.43. The van der Waals surface area contributed by atoms with Crippen molar-refractivity contribution in [2.24, 2.45) is 10.9 Å². The molecule has 0 atom stereocenters. The fourth-order valence-corrected chi connectivity index (χ4v) is 2.78. The Bertz CT molecular complexity index is 756. The molecule has 1 aromatic heterocycles. The predicted molar refractivity (Wildman–Crippen MR) is 78.2 cm³/mol. The largest absolute Gasteiger partial charge is 0.409 e. The molecule has 0 saturated heterocycles. The third-order valence-corrected chi connectivity index (χ3v) is 4.53. The van der Waals surface area contributed by atoms with E-state index in [1.807, 2.05) is 0 Å². The van der Waals surface area contributed by atoms with Gasteiger partial charge < -0.3 is 10.9 Å². The lowest BCUT2D eigenvalue weighted by atomic mass is 10.4. The minimum absolute atomic E-state index is 0.114. The Balaban J connectivity index is 2.15. The number of sulfone groups is 1. The maximum Gasteiger partial charge on any atom is 0.190 e. The zero-order chi connectivity index (χ0) is 15.5. The van der Waals surface area contributed by atoms with Crippen LogP contribution in [0.1, 0.15) is 5.69 Å². The predicted octanol–water partition coefficient (Wildman–Crippen LogP) is 1.13. The van der Waals surface area contributed by atoms with Gasteiger partial charge in [0.25, 0.3) is 0 Å². The van der Waals surface area contributed by atoms with Crippen LogP contribution in [0, 0.1) is 0 Å². The van der Waals surface area contributed by atoms with Gasteiger partial charge in [-0.1, -0.05) is 16.9 Å². The maximum absolute atomic E-state index is 11.4. The van der Waals surface area contributed by atoms with Gasteiger partial charge >= 0.3 is 0 Å². The van der Waals surface area contributed by atoms with Crippen LogP contribution in [0.3, 0.4) is 0 Å². The minimum atomic E-state index is -3.20. The molecule has 9 heteroatoms. The molecule has 2 rings (SSSR count). The molecule has 1 aromatic carbocycles. The zero-order valence-electron chi connectivity index (χ0n) is 11.0. The van der Waals surface area contributed by atoms with Gasteiger partial charge in [0.05, 0.1) is 17.3 Å². The van der Waals surface area contributed by atoms with E-state index in [0.29, 0.717) is 5.03 Å². The Morgan fingerprint density at radius 3 is 2.38 bits per heavy atom. The van der Waals surface area contributed by atoms with E-state index in [4.69, 9.17) is 10.9 Å². The molecule has 1 heterocycles. The summed E-state index contributed by atoms with van der Waals surface area (Å²) in [4.78, 5) is 9.22. The van der Waals surface area contributed by atoms with Crippen LogP contribution in [0.2, 0.25) is 0 Å². The Hall–Kier alpha value is -2.13. The highest BCUT2D eigenvalue weighted by Gasteiger charge is 2.07. The van der Waals surface area contributed by atoms with Crippen molar-refractivity contribution >= 4 is 27.4 Å². The van der Waals surface area contributed by atoms with Crippen molar-refractivity contribution < 1.29 is 13.6 Å². The van der Waals surface area contributed by atoms with Crippen molar-refractivity contribution in [3.8, 4) is 0 Å². The van der Waals surface area contributed by atoms with E-state index in [2.05, 4.69) is 15.1 Å². The van der Waals surface area contributed by atoms with E-state index >= 15 is 0 Å². The van der Waals surface area contributed by atoms with Crippen LogP contribution in [0.15, 0.2) is 56.6 Å². The third kappa shape index (κ3) is 3.92. The quantitative estimate of drug-likeness (QED) is 0.374. The molecule has 21 heavy (non-hydrogen) atoms. The van der Waals surface area contributed by atoms with Gasteiger partial charge in [0.15, 0.2) is 15.7 Å². The Labute approximate surface area is 125 Å². The van der Waals surface area contributed by atoms with Crippen molar-refractivity contribution in [2.45, 2.75) is 14.8 Å². The first-order chi connectivity index (χ1) is 9.90. The molecule has 0 bridgehead atoms. The van der Waals surface area contributed by atoms with Crippen molar-refractivity contribution in [1.29, 1.82) is 0 Å². The van der Waals surface area contributed by atoms with Crippen LogP contribution < -0.4 is 5.73 Å². The molecule has 0 radical (unpaired) electrons. The van der Waals surface area contributed by atoms with Crippen molar-refractivity contribution in [3.63, 3.8) is 0 Å². The van der Waals surface area contributed by atoms with Crippen molar-refractivity contribution in [2.75, 3.05) is 6.26 Å². The summed E-state index contributed by atoms with van der Waals surface area (Å²) in [6, 6.07) is 6.46. The molecule has 0 unspecified atom stereocenters. The standard InChI is InChI=1S/C12H12N4O3S2/c1-21(18,19)9-4-2-8(3-5-9)20-11-7-14-10(6-15-11)12(13)16-17/h2-7,17H,1H3,(H2,13,16). The highest BCUT2D eigenvalue weighted by atomic mass is 32.2. The van der Waals surface area contributed by atoms with E-state index in [0.717, 1.165) is 11.2 Å². The molecular formula is C12H12N4O3S2. The van der Waals surface area contributed by atoms with Crippen LogP contribution in [0.25, 0.3) is 0 Å². The summed E-state index contributed by atoms with van der Waals surface area (Å²) in [5.74, 6) is -0.114. The van der Waals surface area contributed by atoms with Crippen molar-refractivity contribution in [3.05, 3.63) is 42.4 Å². The van der Waals surface area contributed by atoms with Gasteiger partial charge in [-0.3, -0.25) is 0 Å². The number of oxime groups is 1. The van der Waals surface area contributed by atoms with Crippen LogP contribution in [0.5, 0.6) is 0 Å². The molecule has 3 N–H and O–H groups in total. The van der Waals surface area contributed by atoms with Gasteiger partial charge in [-0.25, -0.2) is 18.4 Å². The number of rotatable bonds is 4. The summed E-state index contributed by atoms with van der Waals surface area (Å²) in [6.07, 6.45) is 4.04. The molecule has 0 aliphatic heterocycles. The van der Waals surface area contributed by atoms with Gasteiger partial charge in [0.1, 0.15) is 10.7 Å². The van der Waals surface area contributed by atoms with Gasteiger partial charge in [-0.05, 0) is 24.3 Å². The van der Waals surface area contributed by atoms with E-state index in [1.165, 1.54) is 36.3 Å². The van der Waals surface area contributed by atoms with Gasteiger partial charge in [-0.15, -0.1) is 0 Å². The first kappa shape index (κ1) is 15.3. The number of hydrogen-bond acceptors (Lipinski definition) is 7. The van der Waals surface area contributed by atoms with Crippen LogP contribution >= 0.6 is 11.8 Å². The SMILES string of the molecule is CS(=O)(=O)c1ccc(Sc2cnc(C(N)=NO)cn2)cc1. The second-order valence-electron chi connectivity index (χ2n) is 4.07. The number of amidine groups is 1. The van der Waals surface area contributed by atoms with Crippen LogP contribution in [0.4, 0.5) is 0 Å². The number of nitrogens with two attached hydrogens (primary N) is 1. The number of benzene rings is 1. The summed E-state index contributed by atoms with van der Waals surface area (Å²) in [5.41, 5.74) is 5.66. The fraction of sp³-hybridized carbons (Fsp3) is 0.0833. The summed E-state index contributed by atoms with van der Waals surface area (Å²) in [7, 11) is -3.20. The van der Waals surface area contributed by atoms with E-state index in [-0.39, 0.29) is 16.4 Å². The number of hydrogen-bond donors (Lipinski definition) is 2. The molecule has 0 fully saturated rings. The summed E-state index contributed by atoms with van der Waals surface area (Å²) in [6.45, 7) is 0. The Morgan fingerprint density at radius 1 is 1.24 bits per heavy atom. The second kappa shape index (κ2) is 6.10. The molecular weight excluding hydrogens is 312 g/mol. The lowest BCUT2D eigenvalue weighted by Gasteiger charge is -2.03. The number of aromatic nitrogens is 2. The average molecular weight is 324 g/mol. The van der Waals surface area contributed by atoms with Crippen molar-refractivity contribution in [1.82, 2.24) is 9.97 Å². The minimum Gasteiger partial charge on any atom is -0.409 e. The average Bonchev–Trinajstić information content (AvgIpc) is 2.47. The lowest BCUT2D eigenvalue weighted by Crippen LogP contribution is -2.15. The normalized spacial score (nSPS) is 12.3. The number of nitrogens with zero attached hydrogens (tertiary/aromatic N) is 3. The van der Waals surface area contributed by atoms with E-state index < -0.39 is 9.84 Å². The summed E-state index contributed by atoms with van der Waals surface area (Å²) < 4.78 is 22.7. The first-order valence-corrected chi connectivity index (χ1v) is 8.39.